The van der Waals surface area contributed by atoms with Crippen molar-refractivity contribution in [2.24, 2.45) is 0 Å². The van der Waals surface area contributed by atoms with E-state index in [9.17, 15) is 0 Å². The summed E-state index contributed by atoms with van der Waals surface area (Å²) in [7, 11) is 1.67. The molecule has 0 radical (unpaired) electrons. The quantitative estimate of drug-likeness (QED) is 0.717. The van der Waals surface area contributed by atoms with E-state index in [-0.39, 0.29) is 12.2 Å². The van der Waals surface area contributed by atoms with Crippen LogP contribution in [0, 0.1) is 0 Å². The minimum absolute atomic E-state index is 0.273. The smallest absolute Gasteiger partial charge is 0.190 e. The zero-order valence-corrected chi connectivity index (χ0v) is 14.6. The monoisotopic (exact) mass is 334 g/mol. The van der Waals surface area contributed by atoms with Crippen molar-refractivity contribution in [2.45, 2.75) is 56.8 Å². The van der Waals surface area contributed by atoms with Gasteiger partial charge in [0.25, 0.3) is 0 Å². The van der Waals surface area contributed by atoms with Crippen LogP contribution in [0.15, 0.2) is 43.0 Å². The normalized spacial score (nSPS) is 34.2. The van der Waals surface area contributed by atoms with Crippen LogP contribution in [0.2, 0.25) is 0 Å². The van der Waals surface area contributed by atoms with Crippen molar-refractivity contribution in [1.82, 2.24) is 0 Å². The highest BCUT2D eigenvalue weighted by atomic mass is 16.8. The van der Waals surface area contributed by atoms with Gasteiger partial charge in [0.2, 0.25) is 0 Å². The van der Waals surface area contributed by atoms with Crippen LogP contribution in [0.5, 0.6) is 0 Å². The van der Waals surface area contributed by atoms with Crippen molar-refractivity contribution in [1.29, 1.82) is 0 Å². The first-order chi connectivity index (χ1) is 11.5. The maximum absolute atomic E-state index is 6.22. The minimum atomic E-state index is -0.669. The summed E-state index contributed by atoms with van der Waals surface area (Å²) in [6.45, 7) is 8.51. The van der Waals surface area contributed by atoms with Crippen LogP contribution in [0.1, 0.15) is 25.8 Å². The number of ether oxygens (including phenoxy) is 5. The van der Waals surface area contributed by atoms with E-state index in [0.29, 0.717) is 19.6 Å². The minimum Gasteiger partial charge on any atom is -0.375 e. The van der Waals surface area contributed by atoms with E-state index >= 15 is 0 Å². The predicted molar refractivity (Wildman–Crippen MR) is 89.4 cm³/mol. The molecule has 24 heavy (non-hydrogen) atoms. The Balaban J connectivity index is 1.70. The fraction of sp³-hybridized carbons (Fsp3) is 0.579. The van der Waals surface area contributed by atoms with Crippen molar-refractivity contribution in [3.8, 4) is 0 Å². The lowest BCUT2D eigenvalue weighted by molar-refractivity contribution is -0.250. The van der Waals surface area contributed by atoms with Crippen molar-refractivity contribution in [3.05, 3.63) is 48.6 Å². The molecule has 0 aliphatic carbocycles. The third-order valence-corrected chi connectivity index (χ3v) is 4.46. The average Bonchev–Trinajstić information content (AvgIpc) is 2.97. The topological polar surface area (TPSA) is 46.2 Å². The number of hydrogen-bond acceptors (Lipinski definition) is 5. The van der Waals surface area contributed by atoms with Gasteiger partial charge in [0, 0.05) is 7.11 Å². The zero-order valence-electron chi connectivity index (χ0n) is 14.6. The van der Waals surface area contributed by atoms with Gasteiger partial charge in [-0.15, -0.1) is 6.58 Å². The van der Waals surface area contributed by atoms with Crippen molar-refractivity contribution in [2.75, 3.05) is 13.7 Å². The van der Waals surface area contributed by atoms with Gasteiger partial charge < -0.3 is 23.7 Å². The van der Waals surface area contributed by atoms with Crippen LogP contribution in [-0.4, -0.2) is 43.6 Å². The highest BCUT2D eigenvalue weighted by Crippen LogP contribution is 2.45. The van der Waals surface area contributed by atoms with Gasteiger partial charge in [-0.25, -0.2) is 0 Å². The lowest BCUT2D eigenvalue weighted by atomic mass is 9.92. The van der Waals surface area contributed by atoms with E-state index < -0.39 is 17.7 Å². The number of hydrogen-bond donors (Lipinski definition) is 0. The van der Waals surface area contributed by atoms with E-state index in [1.165, 1.54) is 0 Å². The molecule has 0 spiro atoms. The highest BCUT2D eigenvalue weighted by molar-refractivity contribution is 5.13. The summed E-state index contributed by atoms with van der Waals surface area (Å²) in [6.07, 6.45) is 1.42. The van der Waals surface area contributed by atoms with E-state index in [2.05, 4.69) is 6.58 Å². The molecule has 2 aliphatic heterocycles. The molecule has 0 N–H and O–H groups in total. The molecule has 1 aromatic carbocycles. The van der Waals surface area contributed by atoms with Gasteiger partial charge in [0.05, 0.1) is 13.2 Å². The van der Waals surface area contributed by atoms with E-state index in [0.717, 1.165) is 5.56 Å². The Morgan fingerprint density at radius 1 is 1.17 bits per heavy atom. The first-order valence-electron chi connectivity index (χ1n) is 8.28. The lowest BCUT2D eigenvalue weighted by Crippen LogP contribution is -2.49. The largest absolute Gasteiger partial charge is 0.375 e. The highest BCUT2D eigenvalue weighted by Gasteiger charge is 2.61. The molecule has 0 unspecified atom stereocenters. The van der Waals surface area contributed by atoms with Crippen molar-refractivity contribution >= 4 is 0 Å². The van der Waals surface area contributed by atoms with Crippen LogP contribution >= 0.6 is 0 Å². The molecule has 0 saturated carbocycles. The molecule has 0 amide bonds. The second kappa shape index (κ2) is 6.94. The molecule has 2 fully saturated rings. The summed E-state index contributed by atoms with van der Waals surface area (Å²) < 4.78 is 29.7. The van der Waals surface area contributed by atoms with Crippen LogP contribution in [0.4, 0.5) is 0 Å². The Hall–Kier alpha value is -1.24. The van der Waals surface area contributed by atoms with Gasteiger partial charge in [-0.05, 0) is 25.8 Å². The Kier molecular flexibility index (Phi) is 5.08. The van der Waals surface area contributed by atoms with E-state index in [1.807, 2.05) is 50.3 Å². The lowest BCUT2D eigenvalue weighted by Gasteiger charge is -2.35. The summed E-state index contributed by atoms with van der Waals surface area (Å²) in [4.78, 5) is 0. The van der Waals surface area contributed by atoms with Gasteiger partial charge in [-0.1, -0.05) is 36.4 Å². The number of fused-ring (bicyclic) bond motifs is 1. The average molecular weight is 334 g/mol. The van der Waals surface area contributed by atoms with Crippen LogP contribution in [0.3, 0.4) is 0 Å². The van der Waals surface area contributed by atoms with E-state index in [4.69, 9.17) is 23.7 Å². The summed E-state index contributed by atoms with van der Waals surface area (Å²) in [5.74, 6) is -0.669. The second-order valence-corrected chi connectivity index (χ2v) is 6.78. The molecule has 4 atom stereocenters. The fourth-order valence-electron chi connectivity index (χ4n) is 3.50. The summed E-state index contributed by atoms with van der Waals surface area (Å²) in [5, 5.41) is 0. The first kappa shape index (κ1) is 17.6. The van der Waals surface area contributed by atoms with Gasteiger partial charge in [-0.2, -0.15) is 0 Å². The van der Waals surface area contributed by atoms with Crippen LogP contribution < -0.4 is 0 Å². The maximum Gasteiger partial charge on any atom is 0.190 e. The molecule has 0 aromatic heterocycles. The van der Waals surface area contributed by atoms with Crippen molar-refractivity contribution in [3.63, 3.8) is 0 Å². The second-order valence-electron chi connectivity index (χ2n) is 6.78. The summed E-state index contributed by atoms with van der Waals surface area (Å²) in [5.41, 5.74) is 0.462. The van der Waals surface area contributed by atoms with Crippen LogP contribution in [0.25, 0.3) is 0 Å². The number of methoxy groups -OCH3 is 1. The van der Waals surface area contributed by atoms with Crippen molar-refractivity contribution < 1.29 is 23.7 Å². The molecule has 132 valence electrons. The van der Waals surface area contributed by atoms with Gasteiger partial charge in [0.1, 0.15) is 17.8 Å². The zero-order chi connectivity index (χ0) is 17.2. The van der Waals surface area contributed by atoms with Crippen LogP contribution in [-0.2, 0) is 30.3 Å². The molecule has 5 heteroatoms. The molecule has 2 heterocycles. The Morgan fingerprint density at radius 2 is 1.92 bits per heavy atom. The third-order valence-electron chi connectivity index (χ3n) is 4.46. The summed E-state index contributed by atoms with van der Waals surface area (Å²) >= 11 is 0. The molecular formula is C19H26O5. The van der Waals surface area contributed by atoms with Gasteiger partial charge in [-0.3, -0.25) is 0 Å². The Bertz CT molecular complexity index is 558. The molecule has 0 bridgehead atoms. The molecule has 2 saturated heterocycles. The Morgan fingerprint density at radius 3 is 2.58 bits per heavy atom. The molecule has 2 aliphatic rings. The summed E-state index contributed by atoms with van der Waals surface area (Å²) in [6, 6.07) is 10.0. The standard InChI is InChI=1S/C19H26O5/c1-5-11-19(13-21-12-14-9-7-6-8-10-14)16(20-4)15-17(24-19)23-18(2,3)22-15/h5-10,15-17H,1,11-13H2,2-4H3/t15-,16+,17+,19-/m1/s1. The van der Waals surface area contributed by atoms with E-state index in [1.54, 1.807) is 7.11 Å². The maximum atomic E-state index is 6.22. The van der Waals surface area contributed by atoms with Gasteiger partial charge in [0.15, 0.2) is 12.1 Å². The molecule has 3 rings (SSSR count). The Labute approximate surface area is 143 Å². The third kappa shape index (κ3) is 3.41. The molecular weight excluding hydrogens is 308 g/mol. The first-order valence-corrected chi connectivity index (χ1v) is 8.28. The fourth-order valence-corrected chi connectivity index (χ4v) is 3.50. The SMILES string of the molecule is C=CC[C@]1(COCc2ccccc2)O[C@@H]2OC(C)(C)O[C@@H]2[C@@H]1OC. The molecule has 5 nitrogen and oxygen atoms in total. The number of rotatable bonds is 7. The molecule has 1 aromatic rings. The predicted octanol–water partition coefficient (Wildman–Crippen LogP) is 3.04. The number of benzene rings is 1. The van der Waals surface area contributed by atoms with Gasteiger partial charge >= 0.3 is 0 Å².